The van der Waals surface area contributed by atoms with Gasteiger partial charge in [-0.25, -0.2) is 4.98 Å². The first-order valence-corrected chi connectivity index (χ1v) is 7.25. The second-order valence-electron chi connectivity index (χ2n) is 5.65. The van der Waals surface area contributed by atoms with Gasteiger partial charge in [0.1, 0.15) is 11.3 Å². The Balaban J connectivity index is 1.83. The van der Waals surface area contributed by atoms with E-state index in [4.69, 9.17) is 11.6 Å². The molecule has 1 amide bonds. The van der Waals surface area contributed by atoms with Crippen LogP contribution in [0.2, 0.25) is 5.15 Å². The Bertz CT molecular complexity index is 505. The van der Waals surface area contributed by atoms with Crippen LogP contribution in [0.3, 0.4) is 0 Å². The number of hydrogen-bond acceptors (Lipinski definition) is 3. The molecule has 4 nitrogen and oxygen atoms in total. The van der Waals surface area contributed by atoms with E-state index in [0.717, 1.165) is 24.4 Å². The lowest BCUT2D eigenvalue weighted by Gasteiger charge is -2.37. The molecule has 3 rings (SSSR count). The summed E-state index contributed by atoms with van der Waals surface area (Å²) >= 11 is 5.98. The maximum atomic E-state index is 12.2. The van der Waals surface area contributed by atoms with Crippen molar-refractivity contribution in [2.45, 2.75) is 38.8 Å². The third-order valence-electron chi connectivity index (χ3n) is 4.18. The van der Waals surface area contributed by atoms with E-state index in [9.17, 15) is 4.79 Å². The molecule has 0 aromatic carbocycles. The van der Waals surface area contributed by atoms with Gasteiger partial charge in [-0.05, 0) is 30.7 Å². The molecule has 19 heavy (non-hydrogen) atoms. The molecule has 3 atom stereocenters. The molecule has 2 heterocycles. The van der Waals surface area contributed by atoms with E-state index in [1.54, 1.807) is 6.20 Å². The molecule has 2 N–H and O–H groups in total. The van der Waals surface area contributed by atoms with E-state index >= 15 is 0 Å². The van der Waals surface area contributed by atoms with E-state index in [0.29, 0.717) is 11.5 Å². The molecule has 0 saturated heterocycles. The van der Waals surface area contributed by atoms with Crippen molar-refractivity contribution < 1.29 is 4.79 Å². The van der Waals surface area contributed by atoms with Crippen LogP contribution in [-0.2, 0) is 0 Å². The average Bonchev–Trinajstić information content (AvgIpc) is 2.38. The minimum absolute atomic E-state index is 0.0150. The Morgan fingerprint density at radius 3 is 3.00 bits per heavy atom. The van der Waals surface area contributed by atoms with Gasteiger partial charge in [0.2, 0.25) is 0 Å². The number of carbonyl (C=O) groups excluding carboxylic acids is 1. The number of pyridine rings is 1. The molecular weight excluding hydrogens is 262 g/mol. The van der Waals surface area contributed by atoms with Gasteiger partial charge in [-0.1, -0.05) is 31.4 Å². The fourth-order valence-electron chi connectivity index (χ4n) is 3.21. The zero-order valence-corrected chi connectivity index (χ0v) is 11.7. The van der Waals surface area contributed by atoms with Crippen molar-refractivity contribution in [1.29, 1.82) is 0 Å². The Kier molecular flexibility index (Phi) is 3.35. The molecule has 1 aliphatic heterocycles. The zero-order chi connectivity index (χ0) is 13.4. The first-order chi connectivity index (χ1) is 9.15. The van der Waals surface area contributed by atoms with Crippen molar-refractivity contribution in [1.82, 2.24) is 10.3 Å². The summed E-state index contributed by atoms with van der Waals surface area (Å²) < 4.78 is 0. The van der Waals surface area contributed by atoms with Crippen LogP contribution in [0.1, 0.15) is 43.0 Å². The minimum Gasteiger partial charge on any atom is -0.364 e. The fraction of sp³-hybridized carbons (Fsp3) is 0.571. The minimum atomic E-state index is -0.116. The van der Waals surface area contributed by atoms with Gasteiger partial charge in [-0.15, -0.1) is 0 Å². The summed E-state index contributed by atoms with van der Waals surface area (Å²) in [4.78, 5) is 16.1. The Morgan fingerprint density at radius 1 is 1.37 bits per heavy atom. The summed E-state index contributed by atoms with van der Waals surface area (Å²) in [5, 5.41) is 6.69. The number of carbonyl (C=O) groups is 1. The van der Waals surface area contributed by atoms with Crippen molar-refractivity contribution >= 4 is 23.2 Å². The molecule has 0 spiro atoms. The van der Waals surface area contributed by atoms with Gasteiger partial charge in [-0.3, -0.25) is 4.79 Å². The highest BCUT2D eigenvalue weighted by Gasteiger charge is 2.33. The molecule has 1 saturated carbocycles. The third kappa shape index (κ3) is 2.41. The molecule has 102 valence electrons. The third-order valence-corrected chi connectivity index (χ3v) is 4.46. The summed E-state index contributed by atoms with van der Waals surface area (Å²) in [6, 6.07) is 1.82. The average molecular weight is 280 g/mol. The lowest BCUT2D eigenvalue weighted by atomic mass is 9.80. The zero-order valence-electron chi connectivity index (χ0n) is 10.9. The Hall–Kier alpha value is -1.29. The molecule has 0 radical (unpaired) electrons. The molecule has 1 aromatic rings. The van der Waals surface area contributed by atoms with Gasteiger partial charge in [0.05, 0.1) is 11.3 Å². The number of fused-ring (bicyclic) bond motifs is 1. The van der Waals surface area contributed by atoms with Gasteiger partial charge < -0.3 is 10.6 Å². The number of hydrogen-bond donors (Lipinski definition) is 2. The van der Waals surface area contributed by atoms with Crippen LogP contribution in [0.25, 0.3) is 0 Å². The van der Waals surface area contributed by atoms with Gasteiger partial charge in [0.15, 0.2) is 0 Å². The van der Waals surface area contributed by atoms with Crippen LogP contribution in [-0.4, -0.2) is 17.1 Å². The van der Waals surface area contributed by atoms with Gasteiger partial charge in [0.25, 0.3) is 5.91 Å². The molecule has 3 unspecified atom stereocenters. The SMILES string of the molecule is CC1CCCC(C2NC(=O)c3c(ccnc3Cl)N2)C1. The van der Waals surface area contributed by atoms with Crippen LogP contribution in [0.5, 0.6) is 0 Å². The Morgan fingerprint density at radius 2 is 2.21 bits per heavy atom. The number of amides is 1. The van der Waals surface area contributed by atoms with Crippen molar-refractivity contribution in [2.24, 2.45) is 11.8 Å². The fourth-order valence-corrected chi connectivity index (χ4v) is 3.45. The van der Waals surface area contributed by atoms with E-state index in [-0.39, 0.29) is 17.2 Å². The monoisotopic (exact) mass is 279 g/mol. The van der Waals surface area contributed by atoms with Crippen LogP contribution in [0, 0.1) is 11.8 Å². The molecule has 1 aromatic heterocycles. The highest BCUT2D eigenvalue weighted by molar-refractivity contribution is 6.33. The lowest BCUT2D eigenvalue weighted by Crippen LogP contribution is -2.50. The first-order valence-electron chi connectivity index (χ1n) is 6.87. The summed E-state index contributed by atoms with van der Waals surface area (Å²) in [7, 11) is 0. The van der Waals surface area contributed by atoms with Crippen LogP contribution >= 0.6 is 11.6 Å². The summed E-state index contributed by atoms with van der Waals surface area (Å²) in [5.41, 5.74) is 1.26. The van der Waals surface area contributed by atoms with E-state index in [2.05, 4.69) is 22.5 Å². The van der Waals surface area contributed by atoms with Crippen LogP contribution < -0.4 is 10.6 Å². The maximum Gasteiger partial charge on any atom is 0.258 e. The number of anilines is 1. The van der Waals surface area contributed by atoms with E-state index in [1.165, 1.54) is 12.8 Å². The van der Waals surface area contributed by atoms with Gasteiger partial charge in [-0.2, -0.15) is 0 Å². The maximum absolute atomic E-state index is 12.2. The number of nitrogens with zero attached hydrogens (tertiary/aromatic N) is 1. The van der Waals surface area contributed by atoms with Crippen molar-refractivity contribution in [3.05, 3.63) is 23.0 Å². The molecule has 5 heteroatoms. The molecule has 1 aliphatic carbocycles. The highest BCUT2D eigenvalue weighted by Crippen LogP contribution is 2.34. The number of halogens is 1. The standard InChI is InChI=1S/C14H18ClN3O/c1-8-3-2-4-9(7-8)13-17-10-5-6-16-12(15)11(10)14(19)18-13/h5-6,8-9,13,17H,2-4,7H2,1H3,(H,18,19). The molecule has 1 fully saturated rings. The van der Waals surface area contributed by atoms with Gasteiger partial charge in [0, 0.05) is 6.20 Å². The number of rotatable bonds is 1. The second kappa shape index (κ2) is 5.00. The lowest BCUT2D eigenvalue weighted by molar-refractivity contribution is 0.0907. The smallest absolute Gasteiger partial charge is 0.258 e. The van der Waals surface area contributed by atoms with Crippen molar-refractivity contribution in [3.8, 4) is 0 Å². The van der Waals surface area contributed by atoms with E-state index < -0.39 is 0 Å². The van der Waals surface area contributed by atoms with Crippen LogP contribution in [0.15, 0.2) is 12.3 Å². The largest absolute Gasteiger partial charge is 0.364 e. The predicted molar refractivity (Wildman–Crippen MR) is 75.2 cm³/mol. The number of nitrogens with one attached hydrogen (secondary N) is 2. The second-order valence-corrected chi connectivity index (χ2v) is 6.01. The molecule has 0 bridgehead atoms. The van der Waals surface area contributed by atoms with E-state index in [1.807, 2.05) is 6.07 Å². The topological polar surface area (TPSA) is 54.0 Å². The normalized spacial score (nSPS) is 30.2. The molecular formula is C14H18ClN3O. The quantitative estimate of drug-likeness (QED) is 0.777. The Labute approximate surface area is 117 Å². The van der Waals surface area contributed by atoms with Crippen LogP contribution in [0.4, 0.5) is 5.69 Å². The first kappa shape index (κ1) is 12.7. The predicted octanol–water partition coefficient (Wildman–Crippen LogP) is 3.04. The van der Waals surface area contributed by atoms with Crippen molar-refractivity contribution in [2.75, 3.05) is 5.32 Å². The number of aromatic nitrogens is 1. The highest BCUT2D eigenvalue weighted by atomic mass is 35.5. The van der Waals surface area contributed by atoms with Crippen molar-refractivity contribution in [3.63, 3.8) is 0 Å². The summed E-state index contributed by atoms with van der Waals surface area (Å²) in [5.74, 6) is 1.11. The van der Waals surface area contributed by atoms with Gasteiger partial charge >= 0.3 is 0 Å². The summed E-state index contributed by atoms with van der Waals surface area (Å²) in [6.45, 7) is 2.28. The molecule has 2 aliphatic rings. The summed E-state index contributed by atoms with van der Waals surface area (Å²) in [6.07, 6.45) is 6.50.